The number of benzene rings is 1. The quantitative estimate of drug-likeness (QED) is 0.735. The normalized spacial score (nSPS) is 10.6. The molecule has 0 saturated heterocycles. The van der Waals surface area contributed by atoms with Crippen LogP contribution in [0.5, 0.6) is 0 Å². The van der Waals surface area contributed by atoms with Crippen molar-refractivity contribution >= 4 is 21.6 Å². The average molecular weight is 317 g/mol. The molecule has 6 heteroatoms. The lowest BCUT2D eigenvalue weighted by Crippen LogP contribution is -1.87. The van der Waals surface area contributed by atoms with Gasteiger partial charge in [-0.2, -0.15) is 4.98 Å². The number of pyridine rings is 1. The molecule has 0 atom stereocenters. The first kappa shape index (κ1) is 11.9. The van der Waals surface area contributed by atoms with Crippen LogP contribution in [0.1, 0.15) is 0 Å². The first-order valence-electron chi connectivity index (χ1n) is 5.53. The zero-order valence-electron chi connectivity index (χ0n) is 9.75. The summed E-state index contributed by atoms with van der Waals surface area (Å²) in [6, 6.07) is 9.15. The van der Waals surface area contributed by atoms with Gasteiger partial charge in [0.1, 0.15) is 0 Å². The molecular weight excluding hydrogens is 308 g/mol. The molecule has 2 aromatic heterocycles. The van der Waals surface area contributed by atoms with Gasteiger partial charge in [0.05, 0.1) is 0 Å². The van der Waals surface area contributed by atoms with Gasteiger partial charge in [-0.15, -0.1) is 0 Å². The fraction of sp³-hybridized carbons (Fsp3) is 0. The van der Waals surface area contributed by atoms with Gasteiger partial charge in [0.2, 0.25) is 5.82 Å². The second kappa shape index (κ2) is 4.81. The second-order valence-electron chi connectivity index (χ2n) is 3.90. The highest BCUT2D eigenvalue weighted by Gasteiger charge is 2.11. The standard InChI is InChI=1S/C13H9BrN4O/c14-10-2-1-9(7-11(10)15)13-17-12(18-19-13)8-3-5-16-6-4-8/h1-7H,15H2. The molecule has 0 amide bonds. The number of rotatable bonds is 2. The van der Waals surface area contributed by atoms with Gasteiger partial charge in [0.25, 0.3) is 5.89 Å². The van der Waals surface area contributed by atoms with Crippen molar-refractivity contribution in [2.45, 2.75) is 0 Å². The highest BCUT2D eigenvalue weighted by molar-refractivity contribution is 9.10. The Morgan fingerprint density at radius 2 is 1.84 bits per heavy atom. The summed E-state index contributed by atoms with van der Waals surface area (Å²) in [5, 5.41) is 3.95. The number of hydrogen-bond acceptors (Lipinski definition) is 5. The summed E-state index contributed by atoms with van der Waals surface area (Å²) in [6.07, 6.45) is 3.37. The summed E-state index contributed by atoms with van der Waals surface area (Å²) in [5.41, 5.74) is 8.10. The van der Waals surface area contributed by atoms with Crippen molar-refractivity contribution in [1.29, 1.82) is 0 Å². The van der Waals surface area contributed by atoms with Crippen LogP contribution >= 0.6 is 15.9 Å². The summed E-state index contributed by atoms with van der Waals surface area (Å²) in [7, 11) is 0. The van der Waals surface area contributed by atoms with Gasteiger partial charge in [0, 0.05) is 33.7 Å². The van der Waals surface area contributed by atoms with Gasteiger partial charge >= 0.3 is 0 Å². The van der Waals surface area contributed by atoms with Crippen LogP contribution < -0.4 is 5.73 Å². The Balaban J connectivity index is 1.99. The number of hydrogen-bond donors (Lipinski definition) is 1. The molecule has 0 fully saturated rings. The lowest BCUT2D eigenvalue weighted by atomic mass is 10.2. The highest BCUT2D eigenvalue weighted by Crippen LogP contribution is 2.27. The summed E-state index contributed by atoms with van der Waals surface area (Å²) >= 11 is 3.35. The van der Waals surface area contributed by atoms with Crippen LogP contribution in [0.4, 0.5) is 5.69 Å². The Labute approximate surface area is 117 Å². The fourth-order valence-electron chi connectivity index (χ4n) is 1.64. The minimum Gasteiger partial charge on any atom is -0.398 e. The van der Waals surface area contributed by atoms with E-state index in [4.69, 9.17) is 10.3 Å². The van der Waals surface area contributed by atoms with Crippen molar-refractivity contribution in [3.05, 3.63) is 47.2 Å². The molecule has 2 heterocycles. The SMILES string of the molecule is Nc1cc(-c2nc(-c3ccncc3)no2)ccc1Br. The van der Waals surface area contributed by atoms with Crippen LogP contribution in [0, 0.1) is 0 Å². The molecule has 0 aliphatic carbocycles. The molecule has 0 aliphatic heterocycles. The summed E-state index contributed by atoms with van der Waals surface area (Å²) < 4.78 is 6.09. The van der Waals surface area contributed by atoms with Gasteiger partial charge in [-0.1, -0.05) is 5.16 Å². The monoisotopic (exact) mass is 316 g/mol. The number of anilines is 1. The molecule has 2 N–H and O–H groups in total. The van der Waals surface area contributed by atoms with Crippen LogP contribution in [0.15, 0.2) is 51.7 Å². The second-order valence-corrected chi connectivity index (χ2v) is 4.75. The third-order valence-electron chi connectivity index (χ3n) is 2.61. The first-order valence-corrected chi connectivity index (χ1v) is 6.33. The topological polar surface area (TPSA) is 77.8 Å². The Hall–Kier alpha value is -2.21. The molecule has 0 bridgehead atoms. The minimum atomic E-state index is 0.436. The van der Waals surface area contributed by atoms with Gasteiger partial charge in [-0.05, 0) is 46.3 Å². The van der Waals surface area contributed by atoms with Crippen molar-refractivity contribution in [1.82, 2.24) is 15.1 Å². The Morgan fingerprint density at radius 3 is 2.58 bits per heavy atom. The minimum absolute atomic E-state index is 0.436. The van der Waals surface area contributed by atoms with E-state index in [-0.39, 0.29) is 0 Å². The smallest absolute Gasteiger partial charge is 0.258 e. The summed E-state index contributed by atoms with van der Waals surface area (Å²) in [4.78, 5) is 8.29. The van der Waals surface area contributed by atoms with E-state index >= 15 is 0 Å². The van der Waals surface area contributed by atoms with E-state index in [1.807, 2.05) is 24.3 Å². The Kier molecular flexibility index (Phi) is 3.00. The third kappa shape index (κ3) is 2.34. The molecule has 0 saturated carbocycles. The molecule has 5 nitrogen and oxygen atoms in total. The number of aromatic nitrogens is 3. The van der Waals surface area contributed by atoms with Crippen LogP contribution in [0.25, 0.3) is 22.8 Å². The van der Waals surface area contributed by atoms with Crippen LogP contribution in [-0.4, -0.2) is 15.1 Å². The van der Waals surface area contributed by atoms with E-state index in [1.165, 1.54) is 0 Å². The molecule has 0 spiro atoms. The summed E-state index contributed by atoms with van der Waals surface area (Å²) in [6.45, 7) is 0. The summed E-state index contributed by atoms with van der Waals surface area (Å²) in [5.74, 6) is 0.963. The van der Waals surface area contributed by atoms with Crippen molar-refractivity contribution < 1.29 is 4.52 Å². The maximum atomic E-state index is 5.83. The number of nitrogens with zero attached hydrogens (tertiary/aromatic N) is 3. The first-order chi connectivity index (χ1) is 9.24. The molecule has 94 valence electrons. The highest BCUT2D eigenvalue weighted by atomic mass is 79.9. The van der Waals surface area contributed by atoms with E-state index in [0.717, 1.165) is 15.6 Å². The van der Waals surface area contributed by atoms with Crippen LogP contribution in [-0.2, 0) is 0 Å². The van der Waals surface area contributed by atoms with Gasteiger partial charge < -0.3 is 10.3 Å². The van der Waals surface area contributed by atoms with E-state index in [0.29, 0.717) is 17.4 Å². The predicted octanol–water partition coefficient (Wildman–Crippen LogP) is 3.14. The van der Waals surface area contributed by atoms with Gasteiger partial charge in [-0.3, -0.25) is 4.98 Å². The van der Waals surface area contributed by atoms with Crippen LogP contribution in [0.3, 0.4) is 0 Å². The van der Waals surface area contributed by atoms with Crippen molar-refractivity contribution in [3.8, 4) is 22.8 Å². The maximum absolute atomic E-state index is 5.83. The van der Waals surface area contributed by atoms with Crippen molar-refractivity contribution in [2.75, 3.05) is 5.73 Å². The third-order valence-corrected chi connectivity index (χ3v) is 3.33. The Bertz CT molecular complexity index is 712. The van der Waals surface area contributed by atoms with Gasteiger partial charge in [-0.25, -0.2) is 0 Å². The zero-order valence-corrected chi connectivity index (χ0v) is 11.3. The number of nitrogens with two attached hydrogens (primary N) is 1. The molecule has 0 radical (unpaired) electrons. The molecule has 19 heavy (non-hydrogen) atoms. The molecule has 0 unspecified atom stereocenters. The fourth-order valence-corrected chi connectivity index (χ4v) is 1.88. The maximum Gasteiger partial charge on any atom is 0.258 e. The molecular formula is C13H9BrN4O. The zero-order chi connectivity index (χ0) is 13.2. The predicted molar refractivity (Wildman–Crippen MR) is 75.1 cm³/mol. The van der Waals surface area contributed by atoms with E-state index in [9.17, 15) is 0 Å². The molecule has 3 rings (SSSR count). The lowest BCUT2D eigenvalue weighted by Gasteiger charge is -1.99. The van der Waals surface area contributed by atoms with E-state index in [2.05, 4.69) is 31.1 Å². The largest absolute Gasteiger partial charge is 0.398 e. The number of nitrogen functional groups attached to an aromatic ring is 1. The van der Waals surface area contributed by atoms with Crippen LogP contribution in [0.2, 0.25) is 0 Å². The molecule has 0 aliphatic rings. The average Bonchev–Trinajstić information content (AvgIpc) is 2.93. The molecule has 1 aromatic carbocycles. The van der Waals surface area contributed by atoms with E-state index < -0.39 is 0 Å². The van der Waals surface area contributed by atoms with Gasteiger partial charge in [0.15, 0.2) is 0 Å². The van der Waals surface area contributed by atoms with E-state index in [1.54, 1.807) is 18.5 Å². The number of halogens is 1. The lowest BCUT2D eigenvalue weighted by molar-refractivity contribution is 0.432. The Morgan fingerprint density at radius 1 is 1.05 bits per heavy atom. The van der Waals surface area contributed by atoms with Crippen molar-refractivity contribution in [2.24, 2.45) is 0 Å². The van der Waals surface area contributed by atoms with Crippen molar-refractivity contribution in [3.63, 3.8) is 0 Å². The molecule has 3 aromatic rings.